The van der Waals surface area contributed by atoms with E-state index in [0.29, 0.717) is 6.42 Å². The molecule has 1 aliphatic rings. The van der Waals surface area contributed by atoms with E-state index in [1.807, 2.05) is 18.2 Å². The third-order valence-corrected chi connectivity index (χ3v) is 3.09. The van der Waals surface area contributed by atoms with Crippen LogP contribution in [0.25, 0.3) is 0 Å². The maximum Gasteiger partial charge on any atom is 0.327 e. The van der Waals surface area contributed by atoms with Gasteiger partial charge < -0.3 is 9.57 Å². The van der Waals surface area contributed by atoms with Crippen molar-refractivity contribution in [2.45, 2.75) is 19.3 Å². The predicted octanol–water partition coefficient (Wildman–Crippen LogP) is 1.22. The van der Waals surface area contributed by atoms with Crippen molar-refractivity contribution in [3.63, 3.8) is 0 Å². The molecule has 86 valence electrons. The molecule has 0 fully saturated rings. The number of hydrogen-bond acceptors (Lipinski definition) is 4. The Kier molecular flexibility index (Phi) is 3.10. The molecule has 1 atom stereocenters. The van der Waals surface area contributed by atoms with Crippen LogP contribution in [0, 0.1) is 5.92 Å². The first-order chi connectivity index (χ1) is 7.74. The Morgan fingerprint density at radius 2 is 2.25 bits per heavy atom. The van der Waals surface area contributed by atoms with Crippen molar-refractivity contribution >= 4 is 5.97 Å². The van der Waals surface area contributed by atoms with Crippen molar-refractivity contribution in [2.75, 3.05) is 7.11 Å². The molecule has 0 heterocycles. The van der Waals surface area contributed by atoms with Crippen molar-refractivity contribution in [2.24, 2.45) is 11.8 Å². The van der Waals surface area contributed by atoms with Gasteiger partial charge in [0.05, 0.1) is 13.0 Å². The SMILES string of the molecule is COc1ccc2c(c1)CC[C@H](C(=O)ON)C2. The maximum absolute atomic E-state index is 11.3. The van der Waals surface area contributed by atoms with Crippen molar-refractivity contribution in [3.05, 3.63) is 29.3 Å². The average Bonchev–Trinajstić information content (AvgIpc) is 2.36. The van der Waals surface area contributed by atoms with E-state index in [1.165, 1.54) is 11.1 Å². The molecule has 4 nitrogen and oxygen atoms in total. The average molecular weight is 221 g/mol. The number of nitrogens with two attached hydrogens (primary N) is 1. The molecule has 0 spiro atoms. The molecule has 4 heteroatoms. The fourth-order valence-electron chi connectivity index (χ4n) is 2.16. The highest BCUT2D eigenvalue weighted by molar-refractivity contribution is 5.73. The van der Waals surface area contributed by atoms with Gasteiger partial charge in [-0.15, -0.1) is 0 Å². The summed E-state index contributed by atoms with van der Waals surface area (Å²) in [5, 5.41) is 0. The number of aryl methyl sites for hydroxylation is 1. The predicted molar refractivity (Wildman–Crippen MR) is 58.8 cm³/mol. The van der Waals surface area contributed by atoms with Gasteiger partial charge in [0.1, 0.15) is 5.75 Å². The summed E-state index contributed by atoms with van der Waals surface area (Å²) in [6.07, 6.45) is 2.36. The Balaban J connectivity index is 2.18. The number of fused-ring (bicyclic) bond motifs is 1. The van der Waals surface area contributed by atoms with E-state index in [0.717, 1.165) is 18.6 Å². The molecule has 0 radical (unpaired) electrons. The highest BCUT2D eigenvalue weighted by Gasteiger charge is 2.25. The molecule has 2 rings (SSSR count). The lowest BCUT2D eigenvalue weighted by Crippen LogP contribution is -2.26. The quantitative estimate of drug-likeness (QED) is 0.763. The first kappa shape index (κ1) is 11.0. The Hall–Kier alpha value is -1.55. The summed E-state index contributed by atoms with van der Waals surface area (Å²) in [6, 6.07) is 5.94. The number of benzene rings is 1. The topological polar surface area (TPSA) is 61.5 Å². The minimum absolute atomic E-state index is 0.106. The minimum atomic E-state index is -0.318. The first-order valence-electron chi connectivity index (χ1n) is 5.31. The normalized spacial score (nSPS) is 18.8. The van der Waals surface area contributed by atoms with Crippen LogP contribution in [0.3, 0.4) is 0 Å². The molecule has 0 bridgehead atoms. The lowest BCUT2D eigenvalue weighted by Gasteiger charge is -2.22. The molecular formula is C12H15NO3. The maximum atomic E-state index is 11.3. The van der Waals surface area contributed by atoms with Crippen molar-refractivity contribution in [1.82, 2.24) is 0 Å². The summed E-state index contributed by atoms with van der Waals surface area (Å²) in [5.74, 6) is 5.34. The van der Waals surface area contributed by atoms with E-state index in [2.05, 4.69) is 4.84 Å². The van der Waals surface area contributed by atoms with Crippen molar-refractivity contribution in [3.8, 4) is 5.75 Å². The summed E-state index contributed by atoms with van der Waals surface area (Å²) in [5.41, 5.74) is 2.43. The number of methoxy groups -OCH3 is 1. The van der Waals surface area contributed by atoms with Gasteiger partial charge in [-0.3, -0.25) is 4.79 Å². The van der Waals surface area contributed by atoms with Crippen molar-refractivity contribution in [1.29, 1.82) is 0 Å². The first-order valence-corrected chi connectivity index (χ1v) is 5.31. The molecule has 0 saturated heterocycles. The molecule has 0 amide bonds. The number of carbonyl (C=O) groups excluding carboxylic acids is 1. The summed E-state index contributed by atoms with van der Waals surface area (Å²) < 4.78 is 5.16. The second kappa shape index (κ2) is 4.53. The van der Waals surface area contributed by atoms with Gasteiger partial charge in [0.15, 0.2) is 0 Å². The number of rotatable bonds is 2. The van der Waals surface area contributed by atoms with Gasteiger partial charge in [-0.1, -0.05) is 6.07 Å². The van der Waals surface area contributed by atoms with Gasteiger partial charge in [0.25, 0.3) is 0 Å². The third kappa shape index (κ3) is 2.02. The fraction of sp³-hybridized carbons (Fsp3) is 0.417. The number of hydrogen-bond donors (Lipinski definition) is 1. The van der Waals surface area contributed by atoms with Gasteiger partial charge in [0, 0.05) is 0 Å². The molecule has 1 aromatic rings. The van der Waals surface area contributed by atoms with Crippen LogP contribution in [0.15, 0.2) is 18.2 Å². The molecule has 1 aliphatic carbocycles. The van der Waals surface area contributed by atoms with Gasteiger partial charge in [-0.05, 0) is 42.5 Å². The molecule has 0 unspecified atom stereocenters. The van der Waals surface area contributed by atoms with Crippen LogP contribution >= 0.6 is 0 Å². The molecule has 1 aromatic carbocycles. The van der Waals surface area contributed by atoms with Crippen LogP contribution in [0.5, 0.6) is 5.75 Å². The fourth-order valence-corrected chi connectivity index (χ4v) is 2.16. The van der Waals surface area contributed by atoms with Crippen LogP contribution < -0.4 is 10.6 Å². The molecule has 2 N–H and O–H groups in total. The molecule has 0 aliphatic heterocycles. The molecule has 0 aromatic heterocycles. The van der Waals surface area contributed by atoms with E-state index in [4.69, 9.17) is 10.6 Å². The lowest BCUT2D eigenvalue weighted by molar-refractivity contribution is -0.149. The Morgan fingerprint density at radius 3 is 2.94 bits per heavy atom. The molecule has 16 heavy (non-hydrogen) atoms. The summed E-state index contributed by atoms with van der Waals surface area (Å²) in [4.78, 5) is 15.6. The van der Waals surface area contributed by atoms with E-state index in [9.17, 15) is 4.79 Å². The Morgan fingerprint density at radius 1 is 1.44 bits per heavy atom. The summed E-state index contributed by atoms with van der Waals surface area (Å²) in [7, 11) is 1.65. The molecular weight excluding hydrogens is 206 g/mol. The van der Waals surface area contributed by atoms with Crippen LogP contribution in [0.2, 0.25) is 0 Å². The van der Waals surface area contributed by atoms with Gasteiger partial charge in [-0.2, -0.15) is 5.90 Å². The van der Waals surface area contributed by atoms with Crippen molar-refractivity contribution < 1.29 is 14.4 Å². The monoisotopic (exact) mass is 221 g/mol. The van der Waals surface area contributed by atoms with Crippen LogP contribution in [0.4, 0.5) is 0 Å². The Labute approximate surface area is 94.3 Å². The van der Waals surface area contributed by atoms with E-state index in [1.54, 1.807) is 7.11 Å². The summed E-state index contributed by atoms with van der Waals surface area (Å²) in [6.45, 7) is 0. The van der Waals surface area contributed by atoms with Gasteiger partial charge in [0.2, 0.25) is 0 Å². The smallest absolute Gasteiger partial charge is 0.327 e. The standard InChI is InChI=1S/C12H15NO3/c1-15-11-5-4-8-6-10(12(14)16-13)3-2-9(8)7-11/h4-5,7,10H,2-3,6,13H2,1H3/t10-/m0/s1. The zero-order chi connectivity index (χ0) is 11.5. The highest BCUT2D eigenvalue weighted by Crippen LogP contribution is 2.28. The van der Waals surface area contributed by atoms with Gasteiger partial charge in [-0.25, -0.2) is 0 Å². The second-order valence-corrected chi connectivity index (χ2v) is 4.01. The van der Waals surface area contributed by atoms with Crippen LogP contribution in [0.1, 0.15) is 17.5 Å². The van der Waals surface area contributed by atoms with Crippen LogP contribution in [-0.4, -0.2) is 13.1 Å². The lowest BCUT2D eigenvalue weighted by atomic mass is 9.84. The highest BCUT2D eigenvalue weighted by atomic mass is 16.7. The second-order valence-electron chi connectivity index (χ2n) is 4.01. The van der Waals surface area contributed by atoms with E-state index < -0.39 is 0 Å². The zero-order valence-corrected chi connectivity index (χ0v) is 9.23. The minimum Gasteiger partial charge on any atom is -0.497 e. The summed E-state index contributed by atoms with van der Waals surface area (Å²) >= 11 is 0. The number of ether oxygens (including phenoxy) is 1. The van der Waals surface area contributed by atoms with E-state index >= 15 is 0 Å². The van der Waals surface area contributed by atoms with Crippen LogP contribution in [-0.2, 0) is 22.5 Å². The number of carbonyl (C=O) groups is 1. The van der Waals surface area contributed by atoms with E-state index in [-0.39, 0.29) is 11.9 Å². The Bertz CT molecular complexity index is 403. The largest absolute Gasteiger partial charge is 0.497 e. The zero-order valence-electron chi connectivity index (χ0n) is 9.23. The van der Waals surface area contributed by atoms with Gasteiger partial charge >= 0.3 is 5.97 Å². The molecule has 0 saturated carbocycles. The third-order valence-electron chi connectivity index (χ3n) is 3.09.